The standard InChI is InChI=1S/C19H20ClN7S2/c20-11-6-3-7-13-15(11)28-19(25-13)29-18-26-14-16(22)23-9-24-17(14)27(18)8-12(21)10-4-1-2-5-10/h3,6-7,9-10,12H,1-2,4-5,8,21H2,(H2,22,23,24). The molecule has 4 N–H and O–H groups in total. The maximum absolute atomic E-state index is 6.58. The Hall–Kier alpha value is -1.94. The molecular formula is C19H20ClN7S2. The topological polar surface area (TPSA) is 109 Å². The summed E-state index contributed by atoms with van der Waals surface area (Å²) in [4.78, 5) is 18.0. The smallest absolute Gasteiger partial charge is 0.177 e. The largest absolute Gasteiger partial charge is 0.382 e. The van der Waals surface area contributed by atoms with Crippen LogP contribution in [0.15, 0.2) is 34.0 Å². The second kappa shape index (κ2) is 7.71. The number of hydrogen-bond donors (Lipinski definition) is 2. The van der Waals surface area contributed by atoms with Crippen LogP contribution in [-0.2, 0) is 6.54 Å². The van der Waals surface area contributed by atoms with Gasteiger partial charge in [-0.1, -0.05) is 30.5 Å². The van der Waals surface area contributed by atoms with Crippen molar-refractivity contribution < 1.29 is 0 Å². The van der Waals surface area contributed by atoms with Crippen LogP contribution in [0.5, 0.6) is 0 Å². The fourth-order valence-corrected chi connectivity index (χ4v) is 6.27. The molecule has 3 heterocycles. The summed E-state index contributed by atoms with van der Waals surface area (Å²) in [6.07, 6.45) is 6.36. The summed E-state index contributed by atoms with van der Waals surface area (Å²) in [5.41, 5.74) is 14.9. The number of nitrogens with zero attached hydrogens (tertiary/aromatic N) is 5. The number of fused-ring (bicyclic) bond motifs is 2. The lowest BCUT2D eigenvalue weighted by Gasteiger charge is -2.20. The van der Waals surface area contributed by atoms with Gasteiger partial charge in [0.25, 0.3) is 0 Å². The van der Waals surface area contributed by atoms with E-state index < -0.39 is 0 Å². The highest BCUT2D eigenvalue weighted by Gasteiger charge is 2.25. The number of hydrogen-bond acceptors (Lipinski definition) is 8. The van der Waals surface area contributed by atoms with Crippen molar-refractivity contribution in [3.05, 3.63) is 29.5 Å². The number of nitrogens with two attached hydrogens (primary N) is 2. The molecular weight excluding hydrogens is 426 g/mol. The first-order valence-electron chi connectivity index (χ1n) is 9.55. The van der Waals surface area contributed by atoms with E-state index in [4.69, 9.17) is 33.0 Å². The lowest BCUT2D eigenvalue weighted by Crippen LogP contribution is -2.33. The lowest BCUT2D eigenvalue weighted by molar-refractivity contribution is 0.381. The Kier molecular flexibility index (Phi) is 5.07. The predicted molar refractivity (Wildman–Crippen MR) is 118 cm³/mol. The van der Waals surface area contributed by atoms with E-state index in [1.807, 2.05) is 18.2 Å². The van der Waals surface area contributed by atoms with Gasteiger partial charge in [0.15, 0.2) is 26.5 Å². The van der Waals surface area contributed by atoms with Gasteiger partial charge in [-0.3, -0.25) is 0 Å². The third-order valence-corrected chi connectivity index (χ3v) is 8.04. The van der Waals surface area contributed by atoms with Crippen molar-refractivity contribution in [3.8, 4) is 0 Å². The van der Waals surface area contributed by atoms with Crippen LogP contribution in [0.25, 0.3) is 21.4 Å². The third kappa shape index (κ3) is 3.56. The van der Waals surface area contributed by atoms with Gasteiger partial charge in [-0.25, -0.2) is 19.9 Å². The van der Waals surface area contributed by atoms with Crippen molar-refractivity contribution in [2.75, 3.05) is 5.73 Å². The molecule has 7 nitrogen and oxygen atoms in total. The van der Waals surface area contributed by atoms with Gasteiger partial charge < -0.3 is 16.0 Å². The number of rotatable bonds is 5. The Labute approximate surface area is 180 Å². The third-order valence-electron chi connectivity index (χ3n) is 5.45. The Morgan fingerprint density at radius 2 is 2.07 bits per heavy atom. The first-order chi connectivity index (χ1) is 14.1. The Morgan fingerprint density at radius 3 is 2.86 bits per heavy atom. The molecule has 0 saturated heterocycles. The van der Waals surface area contributed by atoms with Crippen LogP contribution in [0.3, 0.4) is 0 Å². The second-order valence-electron chi connectivity index (χ2n) is 7.31. The molecule has 150 valence electrons. The Bertz CT molecular complexity index is 1180. The Morgan fingerprint density at radius 1 is 1.24 bits per heavy atom. The minimum atomic E-state index is 0.0512. The van der Waals surface area contributed by atoms with Gasteiger partial charge in [-0.2, -0.15) is 0 Å². The minimum absolute atomic E-state index is 0.0512. The SMILES string of the molecule is Nc1ncnc2c1nc(Sc1nc3cccc(Cl)c3s1)n2CC(N)C1CCCC1. The van der Waals surface area contributed by atoms with Gasteiger partial charge in [0.1, 0.15) is 6.33 Å². The van der Waals surface area contributed by atoms with Gasteiger partial charge in [0.05, 0.1) is 15.2 Å². The first-order valence-corrected chi connectivity index (χ1v) is 11.6. The molecule has 4 aromatic rings. The highest BCUT2D eigenvalue weighted by atomic mass is 35.5. The number of imidazole rings is 1. The van der Waals surface area contributed by atoms with Crippen LogP contribution >= 0.6 is 34.7 Å². The van der Waals surface area contributed by atoms with E-state index in [-0.39, 0.29) is 6.04 Å². The minimum Gasteiger partial charge on any atom is -0.382 e. The summed E-state index contributed by atoms with van der Waals surface area (Å²) in [7, 11) is 0. The molecule has 0 aliphatic heterocycles. The van der Waals surface area contributed by atoms with Gasteiger partial charge in [-0.05, 0) is 42.7 Å². The maximum Gasteiger partial charge on any atom is 0.177 e. The molecule has 1 atom stereocenters. The highest BCUT2D eigenvalue weighted by Crippen LogP contribution is 2.38. The summed E-state index contributed by atoms with van der Waals surface area (Å²) >= 11 is 9.36. The molecule has 1 aliphatic rings. The molecule has 1 aromatic carbocycles. The molecule has 1 aliphatic carbocycles. The van der Waals surface area contributed by atoms with Gasteiger partial charge in [0.2, 0.25) is 0 Å². The van der Waals surface area contributed by atoms with Gasteiger partial charge >= 0.3 is 0 Å². The van der Waals surface area contributed by atoms with Crippen molar-refractivity contribution in [2.45, 2.75) is 47.8 Å². The molecule has 1 unspecified atom stereocenters. The first kappa shape index (κ1) is 19.0. The summed E-state index contributed by atoms with van der Waals surface area (Å²) in [6, 6.07) is 5.80. The monoisotopic (exact) mass is 445 g/mol. The van der Waals surface area contributed by atoms with E-state index in [0.717, 1.165) is 19.7 Å². The van der Waals surface area contributed by atoms with Crippen molar-refractivity contribution in [2.24, 2.45) is 11.7 Å². The quantitative estimate of drug-likeness (QED) is 0.470. The molecule has 10 heteroatoms. The summed E-state index contributed by atoms with van der Waals surface area (Å²) < 4.78 is 3.90. The number of aromatic nitrogens is 5. The second-order valence-corrected chi connectivity index (χ2v) is 9.94. The van der Waals surface area contributed by atoms with Crippen molar-refractivity contribution in [1.82, 2.24) is 24.5 Å². The summed E-state index contributed by atoms with van der Waals surface area (Å²) in [5, 5.41) is 1.48. The van der Waals surface area contributed by atoms with E-state index in [0.29, 0.717) is 34.5 Å². The zero-order valence-corrected chi connectivity index (χ0v) is 18.0. The zero-order valence-electron chi connectivity index (χ0n) is 15.6. The molecule has 3 aromatic heterocycles. The van der Waals surface area contributed by atoms with Crippen LogP contribution in [0.2, 0.25) is 5.02 Å². The molecule has 5 rings (SSSR count). The average Bonchev–Trinajstić information content (AvgIpc) is 3.43. The number of benzene rings is 1. The number of halogens is 1. The molecule has 0 bridgehead atoms. The fourth-order valence-electron chi connectivity index (χ4n) is 3.94. The van der Waals surface area contributed by atoms with E-state index in [9.17, 15) is 0 Å². The summed E-state index contributed by atoms with van der Waals surface area (Å²) in [6.45, 7) is 0.644. The van der Waals surface area contributed by atoms with E-state index in [1.54, 1.807) is 11.3 Å². The maximum atomic E-state index is 6.58. The normalized spacial score (nSPS) is 16.2. The predicted octanol–water partition coefficient (Wildman–Crippen LogP) is 4.34. The molecule has 0 radical (unpaired) electrons. The lowest BCUT2D eigenvalue weighted by atomic mass is 9.99. The zero-order chi connectivity index (χ0) is 20.0. The van der Waals surface area contributed by atoms with E-state index >= 15 is 0 Å². The number of thiazole rings is 1. The van der Waals surface area contributed by atoms with Crippen LogP contribution < -0.4 is 11.5 Å². The Balaban J connectivity index is 1.54. The van der Waals surface area contributed by atoms with Crippen LogP contribution in [0, 0.1) is 5.92 Å². The fraction of sp³-hybridized carbons (Fsp3) is 0.368. The number of anilines is 1. The molecule has 29 heavy (non-hydrogen) atoms. The molecule has 1 fully saturated rings. The van der Waals surface area contributed by atoms with Gasteiger partial charge in [0, 0.05) is 12.6 Å². The van der Waals surface area contributed by atoms with E-state index in [1.165, 1.54) is 43.8 Å². The van der Waals surface area contributed by atoms with Crippen molar-refractivity contribution in [3.63, 3.8) is 0 Å². The number of nitrogen functional groups attached to an aromatic ring is 1. The van der Waals surface area contributed by atoms with Crippen molar-refractivity contribution >= 4 is 61.9 Å². The van der Waals surface area contributed by atoms with Crippen molar-refractivity contribution in [1.29, 1.82) is 0 Å². The van der Waals surface area contributed by atoms with E-state index in [2.05, 4.69) is 14.5 Å². The molecule has 1 saturated carbocycles. The molecule has 0 spiro atoms. The van der Waals surface area contributed by atoms with Crippen LogP contribution in [0.4, 0.5) is 5.82 Å². The van der Waals surface area contributed by atoms with Gasteiger partial charge in [-0.15, -0.1) is 11.3 Å². The summed E-state index contributed by atoms with van der Waals surface area (Å²) in [5.74, 6) is 0.906. The van der Waals surface area contributed by atoms with Crippen LogP contribution in [-0.4, -0.2) is 30.5 Å². The highest BCUT2D eigenvalue weighted by molar-refractivity contribution is 8.01. The molecule has 0 amide bonds. The average molecular weight is 446 g/mol. The van der Waals surface area contributed by atoms with Crippen LogP contribution in [0.1, 0.15) is 25.7 Å².